The second kappa shape index (κ2) is 5.92. The monoisotopic (exact) mass is 247 g/mol. The molecule has 0 spiro atoms. The Labute approximate surface area is 106 Å². The maximum Gasteiger partial charge on any atom is 0.257 e. The summed E-state index contributed by atoms with van der Waals surface area (Å²) < 4.78 is 0. The SMILES string of the molecule is CC(C)N(CCC#N)C(=O)c1cccc(N)c1O. The van der Waals surface area contributed by atoms with Crippen molar-refractivity contribution in [3.63, 3.8) is 0 Å². The maximum absolute atomic E-state index is 12.3. The van der Waals surface area contributed by atoms with Gasteiger partial charge >= 0.3 is 0 Å². The number of amides is 1. The van der Waals surface area contributed by atoms with Gasteiger partial charge in [0.2, 0.25) is 0 Å². The number of aromatic hydroxyl groups is 1. The lowest BCUT2D eigenvalue weighted by atomic mass is 10.1. The van der Waals surface area contributed by atoms with Crippen LogP contribution in [0.25, 0.3) is 0 Å². The van der Waals surface area contributed by atoms with Crippen LogP contribution >= 0.6 is 0 Å². The molecule has 1 amide bonds. The molecule has 1 rings (SSSR count). The van der Waals surface area contributed by atoms with Crippen molar-refractivity contribution < 1.29 is 9.90 Å². The average molecular weight is 247 g/mol. The maximum atomic E-state index is 12.3. The van der Waals surface area contributed by atoms with Crippen LogP contribution in [-0.2, 0) is 0 Å². The summed E-state index contributed by atoms with van der Waals surface area (Å²) >= 11 is 0. The van der Waals surface area contributed by atoms with E-state index in [1.807, 2.05) is 19.9 Å². The Bertz CT molecular complexity index is 478. The highest BCUT2D eigenvalue weighted by atomic mass is 16.3. The van der Waals surface area contributed by atoms with E-state index in [-0.39, 0.29) is 35.4 Å². The van der Waals surface area contributed by atoms with Crippen molar-refractivity contribution in [1.29, 1.82) is 5.26 Å². The summed E-state index contributed by atoms with van der Waals surface area (Å²) in [5, 5.41) is 18.4. The zero-order chi connectivity index (χ0) is 13.7. The summed E-state index contributed by atoms with van der Waals surface area (Å²) in [5.41, 5.74) is 5.90. The van der Waals surface area contributed by atoms with E-state index in [0.29, 0.717) is 6.54 Å². The molecule has 1 aromatic carbocycles. The Morgan fingerprint density at radius 3 is 2.78 bits per heavy atom. The number of nitrogens with zero attached hydrogens (tertiary/aromatic N) is 2. The molecule has 5 nitrogen and oxygen atoms in total. The fourth-order valence-corrected chi connectivity index (χ4v) is 1.65. The Hall–Kier alpha value is -2.22. The summed E-state index contributed by atoms with van der Waals surface area (Å²) in [7, 11) is 0. The van der Waals surface area contributed by atoms with E-state index < -0.39 is 0 Å². The summed E-state index contributed by atoms with van der Waals surface area (Å²) in [6, 6.07) is 6.62. The van der Waals surface area contributed by atoms with Crippen LogP contribution in [0.15, 0.2) is 18.2 Å². The fourth-order valence-electron chi connectivity index (χ4n) is 1.65. The number of anilines is 1. The second-order valence-corrected chi connectivity index (χ2v) is 4.24. The summed E-state index contributed by atoms with van der Waals surface area (Å²) in [6.07, 6.45) is 0.257. The first-order chi connectivity index (χ1) is 8.49. The Kier molecular flexibility index (Phi) is 4.55. The number of phenolic OH excluding ortho intramolecular Hbond substituents is 1. The van der Waals surface area contributed by atoms with Crippen LogP contribution in [0.3, 0.4) is 0 Å². The summed E-state index contributed by atoms with van der Waals surface area (Å²) in [6.45, 7) is 4.05. The number of hydrogen-bond acceptors (Lipinski definition) is 4. The predicted octanol–water partition coefficient (Wildman–Crippen LogP) is 1.74. The molecule has 1 aromatic rings. The highest BCUT2D eigenvalue weighted by Crippen LogP contribution is 2.26. The minimum Gasteiger partial charge on any atom is -0.505 e. The Morgan fingerprint density at radius 1 is 1.56 bits per heavy atom. The molecule has 96 valence electrons. The minimum absolute atomic E-state index is 0.0494. The van der Waals surface area contributed by atoms with Gasteiger partial charge < -0.3 is 15.7 Å². The minimum atomic E-state index is -0.315. The van der Waals surface area contributed by atoms with Crippen molar-refractivity contribution in [3.05, 3.63) is 23.8 Å². The molecule has 0 radical (unpaired) electrons. The van der Waals surface area contributed by atoms with Crippen LogP contribution < -0.4 is 5.73 Å². The van der Waals surface area contributed by atoms with E-state index in [2.05, 4.69) is 0 Å². The van der Waals surface area contributed by atoms with Crippen LogP contribution in [0.1, 0.15) is 30.6 Å². The van der Waals surface area contributed by atoms with Crippen molar-refractivity contribution in [2.24, 2.45) is 0 Å². The highest BCUT2D eigenvalue weighted by molar-refractivity contribution is 5.98. The molecule has 0 saturated carbocycles. The zero-order valence-corrected chi connectivity index (χ0v) is 10.6. The Balaban J connectivity index is 3.03. The molecule has 0 atom stereocenters. The number of carbonyl (C=O) groups is 1. The van der Waals surface area contributed by atoms with Gasteiger partial charge in [0.1, 0.15) is 0 Å². The van der Waals surface area contributed by atoms with Crippen LogP contribution in [0.5, 0.6) is 5.75 Å². The molecule has 5 heteroatoms. The van der Waals surface area contributed by atoms with Gasteiger partial charge in [-0.3, -0.25) is 4.79 Å². The number of carbonyl (C=O) groups excluding carboxylic acids is 1. The number of benzene rings is 1. The third-order valence-corrected chi connectivity index (χ3v) is 2.65. The number of phenols is 1. The Morgan fingerprint density at radius 2 is 2.22 bits per heavy atom. The lowest BCUT2D eigenvalue weighted by Crippen LogP contribution is -2.37. The van der Waals surface area contributed by atoms with Gasteiger partial charge in [-0.25, -0.2) is 0 Å². The molecule has 0 fully saturated rings. The number of nitrogens with two attached hydrogens (primary N) is 1. The molecule has 0 heterocycles. The van der Waals surface area contributed by atoms with E-state index in [1.54, 1.807) is 6.07 Å². The third kappa shape index (κ3) is 2.92. The largest absolute Gasteiger partial charge is 0.505 e. The average Bonchev–Trinajstić information content (AvgIpc) is 2.32. The smallest absolute Gasteiger partial charge is 0.257 e. The van der Waals surface area contributed by atoms with Crippen molar-refractivity contribution in [2.75, 3.05) is 12.3 Å². The van der Waals surface area contributed by atoms with E-state index in [0.717, 1.165) is 0 Å². The molecule has 0 aliphatic carbocycles. The molecule has 18 heavy (non-hydrogen) atoms. The zero-order valence-electron chi connectivity index (χ0n) is 10.6. The summed E-state index contributed by atoms with van der Waals surface area (Å²) in [4.78, 5) is 13.8. The van der Waals surface area contributed by atoms with Crippen LogP contribution in [-0.4, -0.2) is 28.5 Å². The third-order valence-electron chi connectivity index (χ3n) is 2.65. The second-order valence-electron chi connectivity index (χ2n) is 4.24. The lowest BCUT2D eigenvalue weighted by Gasteiger charge is -2.26. The first-order valence-corrected chi connectivity index (χ1v) is 5.74. The highest BCUT2D eigenvalue weighted by Gasteiger charge is 2.21. The van der Waals surface area contributed by atoms with Gasteiger partial charge in [0.05, 0.1) is 23.7 Å². The molecular formula is C13H17N3O2. The lowest BCUT2D eigenvalue weighted by molar-refractivity contribution is 0.0707. The van der Waals surface area contributed by atoms with Gasteiger partial charge in [0, 0.05) is 12.6 Å². The molecular weight excluding hydrogens is 230 g/mol. The van der Waals surface area contributed by atoms with Crippen molar-refractivity contribution >= 4 is 11.6 Å². The van der Waals surface area contributed by atoms with Crippen LogP contribution in [0.4, 0.5) is 5.69 Å². The first kappa shape index (κ1) is 13.8. The van der Waals surface area contributed by atoms with Gasteiger partial charge in [-0.15, -0.1) is 0 Å². The van der Waals surface area contributed by atoms with Crippen molar-refractivity contribution in [2.45, 2.75) is 26.3 Å². The molecule has 0 unspecified atom stereocenters. The number of para-hydroxylation sites is 1. The van der Waals surface area contributed by atoms with Gasteiger partial charge in [-0.2, -0.15) is 5.26 Å². The normalized spacial score (nSPS) is 10.1. The predicted molar refractivity (Wildman–Crippen MR) is 68.9 cm³/mol. The van der Waals surface area contributed by atoms with Gasteiger partial charge in [-0.05, 0) is 26.0 Å². The molecule has 3 N–H and O–H groups in total. The number of nitrogen functional groups attached to an aromatic ring is 1. The van der Waals surface area contributed by atoms with Gasteiger partial charge in [0.25, 0.3) is 5.91 Å². The number of nitriles is 1. The van der Waals surface area contributed by atoms with Crippen molar-refractivity contribution in [3.8, 4) is 11.8 Å². The van der Waals surface area contributed by atoms with Crippen molar-refractivity contribution in [1.82, 2.24) is 4.90 Å². The summed E-state index contributed by atoms with van der Waals surface area (Å²) in [5.74, 6) is -0.518. The van der Waals surface area contributed by atoms with Gasteiger partial charge in [0.15, 0.2) is 5.75 Å². The van der Waals surface area contributed by atoms with E-state index in [4.69, 9.17) is 11.0 Å². The standard InChI is InChI=1S/C13H17N3O2/c1-9(2)16(8-4-7-14)13(18)10-5-3-6-11(15)12(10)17/h3,5-6,9,17H,4,8,15H2,1-2H3. The molecule has 0 saturated heterocycles. The quantitative estimate of drug-likeness (QED) is 0.626. The topological polar surface area (TPSA) is 90.4 Å². The van der Waals surface area contributed by atoms with E-state index >= 15 is 0 Å². The molecule has 0 aromatic heterocycles. The van der Waals surface area contributed by atoms with Crippen LogP contribution in [0, 0.1) is 11.3 Å². The molecule has 0 aliphatic rings. The number of hydrogen-bond donors (Lipinski definition) is 2. The van der Waals surface area contributed by atoms with E-state index in [1.165, 1.54) is 17.0 Å². The molecule has 0 bridgehead atoms. The molecule has 0 aliphatic heterocycles. The fraction of sp³-hybridized carbons (Fsp3) is 0.385. The number of rotatable bonds is 4. The van der Waals surface area contributed by atoms with E-state index in [9.17, 15) is 9.90 Å². The first-order valence-electron chi connectivity index (χ1n) is 5.74. The van der Waals surface area contributed by atoms with Gasteiger partial charge in [-0.1, -0.05) is 6.07 Å². The van der Waals surface area contributed by atoms with Crippen LogP contribution in [0.2, 0.25) is 0 Å².